The van der Waals surface area contributed by atoms with Crippen LogP contribution in [-0.4, -0.2) is 5.91 Å². The first-order valence-corrected chi connectivity index (χ1v) is 12.1. The van der Waals surface area contributed by atoms with Crippen LogP contribution in [0.5, 0.6) is 11.5 Å². The van der Waals surface area contributed by atoms with Crippen molar-refractivity contribution in [3.8, 4) is 17.6 Å². The van der Waals surface area contributed by atoms with E-state index in [4.69, 9.17) is 21.1 Å². The fourth-order valence-corrected chi connectivity index (χ4v) is 3.63. The Morgan fingerprint density at radius 3 is 2.14 bits per heavy atom. The minimum Gasteiger partial charge on any atom is -0.489 e. The second-order valence-corrected chi connectivity index (χ2v) is 8.78. The van der Waals surface area contributed by atoms with Crippen LogP contribution in [0.2, 0.25) is 5.02 Å². The van der Waals surface area contributed by atoms with Crippen LogP contribution < -0.4 is 14.8 Å². The van der Waals surface area contributed by atoms with E-state index >= 15 is 0 Å². The van der Waals surface area contributed by atoms with Gasteiger partial charge in [0.25, 0.3) is 5.91 Å². The highest BCUT2D eigenvalue weighted by Gasteiger charge is 2.10. The largest absolute Gasteiger partial charge is 0.489 e. The van der Waals surface area contributed by atoms with Gasteiger partial charge < -0.3 is 14.8 Å². The molecule has 0 aliphatic rings. The van der Waals surface area contributed by atoms with E-state index < -0.39 is 5.91 Å². The first-order valence-electron chi connectivity index (χ1n) is 11.7. The molecule has 1 N–H and O–H groups in total. The third-order valence-corrected chi connectivity index (χ3v) is 5.92. The van der Waals surface area contributed by atoms with Gasteiger partial charge in [-0.1, -0.05) is 71.8 Å². The van der Waals surface area contributed by atoms with Crippen molar-refractivity contribution < 1.29 is 14.3 Å². The van der Waals surface area contributed by atoms with Gasteiger partial charge in [0, 0.05) is 16.3 Å². The fourth-order valence-electron chi connectivity index (χ4n) is 3.44. The summed E-state index contributed by atoms with van der Waals surface area (Å²) in [4.78, 5) is 12.7. The van der Waals surface area contributed by atoms with Crippen LogP contribution in [0.1, 0.15) is 22.3 Å². The molecule has 5 nitrogen and oxygen atoms in total. The van der Waals surface area contributed by atoms with Crippen LogP contribution >= 0.6 is 11.6 Å². The summed E-state index contributed by atoms with van der Waals surface area (Å²) in [6.45, 7) is 2.84. The molecule has 0 saturated carbocycles. The summed E-state index contributed by atoms with van der Waals surface area (Å²) in [6, 6.07) is 31.8. The number of halogens is 1. The molecule has 1 amide bonds. The van der Waals surface area contributed by atoms with Gasteiger partial charge in [-0.15, -0.1) is 0 Å². The van der Waals surface area contributed by atoms with Crippen LogP contribution in [0.15, 0.2) is 103 Å². The number of benzene rings is 4. The number of nitriles is 1. The Kier molecular flexibility index (Phi) is 8.59. The molecule has 0 bridgehead atoms. The Labute approximate surface area is 221 Å². The fraction of sp³-hybridized carbons (Fsp3) is 0.0968. The van der Waals surface area contributed by atoms with Gasteiger partial charge in [0.15, 0.2) is 0 Å². The van der Waals surface area contributed by atoms with Crippen molar-refractivity contribution in [3.63, 3.8) is 0 Å². The molecule has 0 saturated heterocycles. The Morgan fingerprint density at radius 2 is 1.49 bits per heavy atom. The lowest BCUT2D eigenvalue weighted by Crippen LogP contribution is -2.13. The molecule has 4 aromatic carbocycles. The van der Waals surface area contributed by atoms with Crippen LogP contribution in [0.25, 0.3) is 6.08 Å². The highest BCUT2D eigenvalue weighted by molar-refractivity contribution is 6.31. The quantitative estimate of drug-likeness (QED) is 0.189. The Hall–Kier alpha value is -4.53. The van der Waals surface area contributed by atoms with E-state index in [1.54, 1.807) is 42.5 Å². The average Bonchev–Trinajstić information content (AvgIpc) is 2.92. The monoisotopic (exact) mass is 508 g/mol. The van der Waals surface area contributed by atoms with Crippen LogP contribution in [0.4, 0.5) is 5.69 Å². The molecule has 0 aliphatic carbocycles. The number of nitrogens with zero attached hydrogens (tertiary/aromatic N) is 1. The molecule has 0 radical (unpaired) electrons. The number of carbonyl (C=O) groups excluding carboxylic acids is 1. The van der Waals surface area contributed by atoms with Crippen molar-refractivity contribution in [2.24, 2.45) is 0 Å². The van der Waals surface area contributed by atoms with Crippen molar-refractivity contribution >= 4 is 29.3 Å². The molecule has 6 heteroatoms. The number of aryl methyl sites for hydroxylation is 1. The molecule has 0 unspecified atom stereocenters. The molecule has 0 fully saturated rings. The van der Waals surface area contributed by atoms with Gasteiger partial charge in [-0.2, -0.15) is 5.26 Å². The number of carbonyl (C=O) groups is 1. The lowest BCUT2D eigenvalue weighted by molar-refractivity contribution is -0.112. The summed E-state index contributed by atoms with van der Waals surface area (Å²) in [5.74, 6) is 0.850. The highest BCUT2D eigenvalue weighted by Crippen LogP contribution is 2.21. The van der Waals surface area contributed by atoms with Gasteiger partial charge in [0.2, 0.25) is 0 Å². The maximum absolute atomic E-state index is 12.7. The smallest absolute Gasteiger partial charge is 0.266 e. The van der Waals surface area contributed by atoms with Gasteiger partial charge >= 0.3 is 0 Å². The molecule has 4 rings (SSSR count). The van der Waals surface area contributed by atoms with Crippen molar-refractivity contribution in [3.05, 3.63) is 130 Å². The second kappa shape index (κ2) is 12.4. The van der Waals surface area contributed by atoms with Gasteiger partial charge in [-0.05, 0) is 66.6 Å². The van der Waals surface area contributed by atoms with Crippen LogP contribution in [0, 0.1) is 18.3 Å². The molecule has 0 spiro atoms. The van der Waals surface area contributed by atoms with E-state index in [2.05, 4.69) is 5.32 Å². The van der Waals surface area contributed by atoms with E-state index in [-0.39, 0.29) is 5.57 Å². The Morgan fingerprint density at radius 1 is 0.865 bits per heavy atom. The van der Waals surface area contributed by atoms with Crippen molar-refractivity contribution in [2.75, 3.05) is 5.32 Å². The predicted molar refractivity (Wildman–Crippen MR) is 146 cm³/mol. The highest BCUT2D eigenvalue weighted by atomic mass is 35.5. The van der Waals surface area contributed by atoms with E-state index in [0.29, 0.717) is 35.4 Å². The summed E-state index contributed by atoms with van der Waals surface area (Å²) < 4.78 is 11.6. The molecule has 0 aromatic heterocycles. The lowest BCUT2D eigenvalue weighted by atomic mass is 10.1. The van der Waals surface area contributed by atoms with E-state index in [0.717, 1.165) is 16.7 Å². The molecule has 4 aromatic rings. The molecule has 184 valence electrons. The molecule has 37 heavy (non-hydrogen) atoms. The summed E-state index contributed by atoms with van der Waals surface area (Å²) in [6.07, 6.45) is 1.54. The zero-order valence-electron chi connectivity index (χ0n) is 20.3. The lowest BCUT2D eigenvalue weighted by Gasteiger charge is -2.09. The van der Waals surface area contributed by atoms with Crippen LogP contribution in [0.3, 0.4) is 0 Å². The number of ether oxygens (including phenoxy) is 2. The number of anilines is 1. The molecule has 0 heterocycles. The maximum atomic E-state index is 12.7. The zero-order valence-corrected chi connectivity index (χ0v) is 21.0. The third kappa shape index (κ3) is 7.47. The third-order valence-electron chi connectivity index (χ3n) is 5.55. The summed E-state index contributed by atoms with van der Waals surface area (Å²) >= 11 is 6.16. The topological polar surface area (TPSA) is 71.3 Å². The number of nitrogens with one attached hydrogen (secondary N) is 1. The molecular weight excluding hydrogens is 484 g/mol. The molecule has 0 aliphatic heterocycles. The Balaban J connectivity index is 1.32. The number of hydrogen-bond acceptors (Lipinski definition) is 4. The minimum absolute atomic E-state index is 0.00707. The summed E-state index contributed by atoms with van der Waals surface area (Å²) in [7, 11) is 0. The molecular formula is C31H25ClN2O3. The van der Waals surface area contributed by atoms with Crippen molar-refractivity contribution in [1.82, 2.24) is 0 Å². The Bertz CT molecular complexity index is 1420. The first kappa shape index (κ1) is 25.6. The SMILES string of the molecule is Cc1ccc(COc2ccc(/C=C(\C#N)C(=O)Nc3ccc(OCc4ccccc4Cl)cc3)cc2)cc1. The number of hydrogen-bond donors (Lipinski definition) is 1. The summed E-state index contributed by atoms with van der Waals surface area (Å²) in [5.41, 5.74) is 4.43. The normalized spacial score (nSPS) is 10.9. The van der Waals surface area contributed by atoms with E-state index in [1.165, 1.54) is 5.56 Å². The van der Waals surface area contributed by atoms with Gasteiger partial charge in [0.1, 0.15) is 36.4 Å². The standard InChI is InChI=1S/C31H25ClN2O3/c1-22-6-8-24(9-7-22)20-36-28-14-10-23(11-15-28)18-26(19-33)31(35)34-27-12-16-29(17-13-27)37-21-25-4-2-3-5-30(25)32/h2-18H,20-21H2,1H3,(H,34,35)/b26-18+. The van der Waals surface area contributed by atoms with Gasteiger partial charge in [0.05, 0.1) is 0 Å². The number of rotatable bonds is 9. The minimum atomic E-state index is -0.494. The van der Waals surface area contributed by atoms with E-state index in [1.807, 2.05) is 73.7 Å². The first-order chi connectivity index (χ1) is 18.0. The van der Waals surface area contributed by atoms with Crippen molar-refractivity contribution in [2.45, 2.75) is 20.1 Å². The van der Waals surface area contributed by atoms with Crippen molar-refractivity contribution in [1.29, 1.82) is 5.26 Å². The predicted octanol–water partition coefficient (Wildman–Crippen LogP) is 7.35. The second-order valence-electron chi connectivity index (χ2n) is 8.37. The van der Waals surface area contributed by atoms with Gasteiger partial charge in [-0.25, -0.2) is 0 Å². The van der Waals surface area contributed by atoms with E-state index in [9.17, 15) is 10.1 Å². The molecule has 0 atom stereocenters. The summed E-state index contributed by atoms with van der Waals surface area (Å²) in [5, 5.41) is 12.9. The van der Waals surface area contributed by atoms with Crippen LogP contribution in [-0.2, 0) is 18.0 Å². The number of amides is 1. The zero-order chi connectivity index (χ0) is 26.0. The average molecular weight is 509 g/mol. The maximum Gasteiger partial charge on any atom is 0.266 e. The van der Waals surface area contributed by atoms with Gasteiger partial charge in [-0.3, -0.25) is 4.79 Å².